The molecule has 0 aliphatic heterocycles. The summed E-state index contributed by atoms with van der Waals surface area (Å²) in [5.41, 5.74) is 5.83. The van der Waals surface area contributed by atoms with Crippen LogP contribution in [0.4, 0.5) is 11.4 Å². The zero-order chi connectivity index (χ0) is 15.7. The van der Waals surface area contributed by atoms with E-state index in [2.05, 4.69) is 0 Å². The minimum atomic E-state index is -0.577. The lowest BCUT2D eigenvalue weighted by molar-refractivity contribution is -0.384. The van der Waals surface area contributed by atoms with Gasteiger partial charge >= 0.3 is 0 Å². The number of amides is 1. The van der Waals surface area contributed by atoms with Crippen LogP contribution in [0.3, 0.4) is 0 Å². The van der Waals surface area contributed by atoms with Gasteiger partial charge in [0, 0.05) is 24.7 Å². The summed E-state index contributed by atoms with van der Waals surface area (Å²) in [6, 6.07) is 2.58. The largest absolute Gasteiger partial charge is 0.397 e. The molecule has 0 bridgehead atoms. The average molecular weight is 312 g/mol. The van der Waals surface area contributed by atoms with Crippen LogP contribution in [0.2, 0.25) is 5.02 Å². The van der Waals surface area contributed by atoms with Gasteiger partial charge in [0.1, 0.15) is 0 Å². The average Bonchev–Trinajstić information content (AvgIpc) is 3.22. The number of hydrogen-bond acceptors (Lipinski definition) is 4. The highest BCUT2D eigenvalue weighted by molar-refractivity contribution is 6.34. The Bertz CT molecular complexity index is 585. The lowest BCUT2D eigenvalue weighted by Crippen LogP contribution is -2.36. The Hall–Kier alpha value is -1.82. The van der Waals surface area contributed by atoms with Crippen LogP contribution in [0, 0.1) is 16.0 Å². The molecule has 1 aliphatic carbocycles. The third-order valence-corrected chi connectivity index (χ3v) is 3.68. The van der Waals surface area contributed by atoms with Crippen LogP contribution in [0.15, 0.2) is 12.1 Å². The number of carbonyl (C=O) groups excluding carboxylic acids is 1. The van der Waals surface area contributed by atoms with E-state index < -0.39 is 4.92 Å². The highest BCUT2D eigenvalue weighted by Crippen LogP contribution is 2.33. The molecule has 0 heterocycles. The second-order valence-corrected chi connectivity index (χ2v) is 6.14. The predicted molar refractivity (Wildman–Crippen MR) is 81.4 cm³/mol. The summed E-state index contributed by atoms with van der Waals surface area (Å²) in [5, 5.41) is 10.9. The van der Waals surface area contributed by atoms with Crippen LogP contribution in [0.5, 0.6) is 0 Å². The normalized spacial score (nSPS) is 14.3. The van der Waals surface area contributed by atoms with Gasteiger partial charge in [0.25, 0.3) is 11.6 Å². The molecule has 2 N–H and O–H groups in total. The van der Waals surface area contributed by atoms with Gasteiger partial charge in [-0.3, -0.25) is 14.9 Å². The lowest BCUT2D eigenvalue weighted by Gasteiger charge is -2.25. The van der Waals surface area contributed by atoms with Crippen LogP contribution < -0.4 is 5.73 Å². The van der Waals surface area contributed by atoms with E-state index in [0.29, 0.717) is 12.5 Å². The van der Waals surface area contributed by atoms with Gasteiger partial charge in [-0.1, -0.05) is 25.4 Å². The molecule has 1 fully saturated rings. The van der Waals surface area contributed by atoms with Gasteiger partial charge in [-0.05, 0) is 18.8 Å². The first-order valence-corrected chi connectivity index (χ1v) is 7.23. The summed E-state index contributed by atoms with van der Waals surface area (Å²) in [7, 11) is 0. The topological polar surface area (TPSA) is 89.5 Å². The van der Waals surface area contributed by atoms with Crippen molar-refractivity contribution in [1.29, 1.82) is 0 Å². The molecule has 1 amide bonds. The van der Waals surface area contributed by atoms with E-state index in [9.17, 15) is 14.9 Å². The first-order chi connectivity index (χ1) is 9.81. The SMILES string of the molecule is CC(C)CN(C(=O)c1cc([N+](=O)[O-])cc(Cl)c1N)C1CC1. The quantitative estimate of drug-likeness (QED) is 0.514. The van der Waals surface area contributed by atoms with Gasteiger partial charge in [0.2, 0.25) is 0 Å². The number of carbonyl (C=O) groups is 1. The molecule has 1 aliphatic rings. The van der Waals surface area contributed by atoms with E-state index in [1.54, 1.807) is 4.90 Å². The Morgan fingerprint density at radius 3 is 2.62 bits per heavy atom. The van der Waals surface area contributed by atoms with Crippen LogP contribution >= 0.6 is 11.6 Å². The van der Waals surface area contributed by atoms with Crippen molar-refractivity contribution in [3.63, 3.8) is 0 Å². The molecular weight excluding hydrogens is 294 g/mol. The smallest absolute Gasteiger partial charge is 0.271 e. The molecule has 0 unspecified atom stereocenters. The summed E-state index contributed by atoms with van der Waals surface area (Å²) in [6.07, 6.45) is 1.92. The van der Waals surface area contributed by atoms with Crippen molar-refractivity contribution < 1.29 is 9.72 Å². The molecule has 6 nitrogen and oxygen atoms in total. The first-order valence-electron chi connectivity index (χ1n) is 6.85. The van der Waals surface area contributed by atoms with Gasteiger partial charge < -0.3 is 10.6 Å². The zero-order valence-corrected chi connectivity index (χ0v) is 12.8. The van der Waals surface area contributed by atoms with Crippen LogP contribution in [-0.2, 0) is 0 Å². The number of nitro benzene ring substituents is 1. The summed E-state index contributed by atoms with van der Waals surface area (Å²) in [6.45, 7) is 4.64. The van der Waals surface area contributed by atoms with Crippen LogP contribution in [-0.4, -0.2) is 28.3 Å². The van der Waals surface area contributed by atoms with E-state index in [-0.39, 0.29) is 33.9 Å². The molecule has 0 saturated heterocycles. The molecule has 0 spiro atoms. The first kappa shape index (κ1) is 15.6. The number of nitrogens with zero attached hydrogens (tertiary/aromatic N) is 2. The number of benzene rings is 1. The molecule has 1 aromatic carbocycles. The van der Waals surface area contributed by atoms with E-state index in [4.69, 9.17) is 17.3 Å². The Morgan fingerprint density at radius 1 is 1.52 bits per heavy atom. The zero-order valence-electron chi connectivity index (χ0n) is 12.0. The highest BCUT2D eigenvalue weighted by atomic mass is 35.5. The fraction of sp³-hybridized carbons (Fsp3) is 0.500. The molecule has 0 aromatic heterocycles. The van der Waals surface area contributed by atoms with E-state index in [1.165, 1.54) is 6.07 Å². The molecule has 1 saturated carbocycles. The Balaban J connectivity index is 2.38. The van der Waals surface area contributed by atoms with Gasteiger partial charge in [-0.2, -0.15) is 0 Å². The van der Waals surface area contributed by atoms with Gasteiger partial charge in [-0.25, -0.2) is 0 Å². The maximum Gasteiger partial charge on any atom is 0.271 e. The van der Waals surface area contributed by atoms with Crippen molar-refractivity contribution >= 4 is 28.9 Å². The molecule has 7 heteroatoms. The number of nitro groups is 1. The molecule has 1 aromatic rings. The summed E-state index contributed by atoms with van der Waals surface area (Å²) in [4.78, 5) is 24.8. The molecule has 21 heavy (non-hydrogen) atoms. The fourth-order valence-corrected chi connectivity index (χ4v) is 2.43. The van der Waals surface area contributed by atoms with Crippen molar-refractivity contribution in [2.24, 2.45) is 5.92 Å². The minimum Gasteiger partial charge on any atom is -0.397 e. The minimum absolute atomic E-state index is 0.0350. The van der Waals surface area contributed by atoms with E-state index >= 15 is 0 Å². The molecule has 0 atom stereocenters. The third-order valence-electron chi connectivity index (χ3n) is 3.37. The van der Waals surface area contributed by atoms with E-state index in [1.807, 2.05) is 13.8 Å². The highest BCUT2D eigenvalue weighted by Gasteiger charge is 2.34. The maximum absolute atomic E-state index is 12.7. The standard InChI is InChI=1S/C14H18ClN3O3/c1-8(2)7-17(9-3-4-9)14(19)11-5-10(18(20)21)6-12(15)13(11)16/h5-6,8-9H,3-4,7,16H2,1-2H3. The van der Waals surface area contributed by atoms with Gasteiger partial charge in [-0.15, -0.1) is 0 Å². The van der Waals surface area contributed by atoms with Gasteiger partial charge in [0.15, 0.2) is 0 Å². The summed E-state index contributed by atoms with van der Waals surface area (Å²) in [5.74, 6) is 0.0271. The molecule has 2 rings (SSSR count). The number of rotatable bonds is 5. The number of non-ortho nitro benzene ring substituents is 1. The molecule has 0 radical (unpaired) electrons. The van der Waals surface area contributed by atoms with Crippen molar-refractivity contribution in [2.75, 3.05) is 12.3 Å². The van der Waals surface area contributed by atoms with Crippen molar-refractivity contribution in [2.45, 2.75) is 32.7 Å². The second kappa shape index (κ2) is 5.89. The number of hydrogen-bond donors (Lipinski definition) is 1. The Morgan fingerprint density at radius 2 is 2.14 bits per heavy atom. The Kier molecular flexibility index (Phi) is 4.37. The van der Waals surface area contributed by atoms with Crippen LogP contribution in [0.1, 0.15) is 37.0 Å². The predicted octanol–water partition coefficient (Wildman–Crippen LogP) is 3.09. The number of anilines is 1. The monoisotopic (exact) mass is 311 g/mol. The van der Waals surface area contributed by atoms with E-state index in [0.717, 1.165) is 18.9 Å². The van der Waals surface area contributed by atoms with Crippen molar-refractivity contribution in [3.8, 4) is 0 Å². The van der Waals surface area contributed by atoms with Crippen molar-refractivity contribution in [1.82, 2.24) is 4.90 Å². The number of nitrogen functional groups attached to an aromatic ring is 1. The lowest BCUT2D eigenvalue weighted by atomic mass is 10.1. The summed E-state index contributed by atoms with van der Waals surface area (Å²) >= 11 is 5.91. The third kappa shape index (κ3) is 3.44. The second-order valence-electron chi connectivity index (χ2n) is 5.73. The number of nitrogens with two attached hydrogens (primary N) is 1. The molecule has 114 valence electrons. The maximum atomic E-state index is 12.7. The molecular formula is C14H18ClN3O3. The van der Waals surface area contributed by atoms with Gasteiger partial charge in [0.05, 0.1) is 21.2 Å². The number of halogens is 1. The Labute approximate surface area is 128 Å². The van der Waals surface area contributed by atoms with Crippen molar-refractivity contribution in [3.05, 3.63) is 32.8 Å². The fourth-order valence-electron chi connectivity index (χ4n) is 2.22. The summed E-state index contributed by atoms with van der Waals surface area (Å²) < 4.78 is 0. The van der Waals surface area contributed by atoms with Crippen LogP contribution in [0.25, 0.3) is 0 Å².